The predicted octanol–water partition coefficient (Wildman–Crippen LogP) is 3.63. The van der Waals surface area contributed by atoms with Crippen molar-refractivity contribution in [1.82, 2.24) is 4.98 Å². The van der Waals surface area contributed by atoms with Crippen molar-refractivity contribution in [2.45, 2.75) is 33.6 Å². The lowest BCUT2D eigenvalue weighted by Gasteiger charge is -2.18. The van der Waals surface area contributed by atoms with E-state index in [1.807, 2.05) is 45.0 Å². The van der Waals surface area contributed by atoms with Crippen molar-refractivity contribution in [2.75, 3.05) is 14.2 Å². The molecule has 0 aliphatic rings. The number of pyridine rings is 1. The van der Waals surface area contributed by atoms with Crippen LogP contribution in [0.15, 0.2) is 24.3 Å². The second-order valence-electron chi connectivity index (χ2n) is 6.95. The van der Waals surface area contributed by atoms with Gasteiger partial charge in [-0.25, -0.2) is 4.79 Å². The molecule has 2 aromatic rings. The first-order chi connectivity index (χ1) is 13.3. The highest BCUT2D eigenvalue weighted by Crippen LogP contribution is 2.33. The van der Waals surface area contributed by atoms with Crippen molar-refractivity contribution in [3.05, 3.63) is 52.3 Å². The van der Waals surface area contributed by atoms with Crippen LogP contribution >= 0.6 is 0 Å². The van der Waals surface area contributed by atoms with Gasteiger partial charge in [-0.05, 0) is 24.8 Å². The van der Waals surface area contributed by atoms with E-state index in [0.717, 1.165) is 5.56 Å². The lowest BCUT2D eigenvalue weighted by atomic mass is 9.89. The number of carbonyl (C=O) groups excluding carboxylic acids is 2. The Balaban J connectivity index is 2.91. The molecule has 0 aliphatic carbocycles. The van der Waals surface area contributed by atoms with Gasteiger partial charge in [0.15, 0.2) is 0 Å². The third-order valence-corrected chi connectivity index (χ3v) is 4.33. The van der Waals surface area contributed by atoms with E-state index in [1.54, 1.807) is 0 Å². The molecule has 1 aromatic heterocycles. The molecular weight excluding hydrogens is 356 g/mol. The normalized spacial score (nSPS) is 10.5. The van der Waals surface area contributed by atoms with Gasteiger partial charge in [-0.15, -0.1) is 0 Å². The van der Waals surface area contributed by atoms with Gasteiger partial charge in [0.25, 0.3) is 0 Å². The number of rotatable bonds is 6. The molecule has 0 saturated heterocycles. The Morgan fingerprint density at radius 2 is 1.75 bits per heavy atom. The van der Waals surface area contributed by atoms with Gasteiger partial charge in [0, 0.05) is 5.56 Å². The van der Waals surface area contributed by atoms with E-state index < -0.39 is 11.9 Å². The Kier molecular flexibility index (Phi) is 6.89. The zero-order valence-electron chi connectivity index (χ0n) is 16.8. The van der Waals surface area contributed by atoms with Crippen LogP contribution in [-0.4, -0.2) is 31.1 Å². The van der Waals surface area contributed by atoms with E-state index in [4.69, 9.17) is 9.47 Å². The number of ether oxygens (including phenoxy) is 2. The highest BCUT2D eigenvalue weighted by Gasteiger charge is 2.27. The molecule has 1 heterocycles. The van der Waals surface area contributed by atoms with Crippen LogP contribution in [0.2, 0.25) is 0 Å². The van der Waals surface area contributed by atoms with Crippen LogP contribution in [0.5, 0.6) is 0 Å². The molecule has 0 radical (unpaired) electrons. The number of hydrogen-bond acceptors (Lipinski definition) is 6. The number of aromatic nitrogens is 1. The summed E-state index contributed by atoms with van der Waals surface area (Å²) in [5.41, 5.74) is 3.45. The predicted molar refractivity (Wildman–Crippen MR) is 105 cm³/mol. The highest BCUT2D eigenvalue weighted by atomic mass is 16.5. The molecule has 0 saturated carbocycles. The number of methoxy groups -OCH3 is 2. The SMILES string of the molecule is COC(=O)Cc1nc(CC(C)C)c(C#N)c(-c2ccc(C)cc2)c1C(=O)OC. The maximum Gasteiger partial charge on any atom is 0.340 e. The second kappa shape index (κ2) is 9.14. The van der Waals surface area contributed by atoms with E-state index in [0.29, 0.717) is 28.8 Å². The minimum atomic E-state index is -0.644. The smallest absolute Gasteiger partial charge is 0.340 e. The van der Waals surface area contributed by atoms with E-state index in [1.165, 1.54) is 14.2 Å². The quantitative estimate of drug-likeness (QED) is 0.711. The topological polar surface area (TPSA) is 89.3 Å². The molecule has 0 N–H and O–H groups in total. The molecule has 0 amide bonds. The van der Waals surface area contributed by atoms with Crippen LogP contribution in [0.4, 0.5) is 0 Å². The molecule has 0 aliphatic heterocycles. The lowest BCUT2D eigenvalue weighted by Crippen LogP contribution is -2.18. The summed E-state index contributed by atoms with van der Waals surface area (Å²) >= 11 is 0. The van der Waals surface area contributed by atoms with Crippen LogP contribution < -0.4 is 0 Å². The maximum absolute atomic E-state index is 12.6. The van der Waals surface area contributed by atoms with Gasteiger partial charge in [0.05, 0.1) is 43.2 Å². The average molecular weight is 380 g/mol. The molecule has 6 heteroatoms. The van der Waals surface area contributed by atoms with Gasteiger partial charge >= 0.3 is 11.9 Å². The van der Waals surface area contributed by atoms with Crippen molar-refractivity contribution in [1.29, 1.82) is 5.26 Å². The first-order valence-electron chi connectivity index (χ1n) is 9.00. The van der Waals surface area contributed by atoms with Gasteiger partial charge in [0.1, 0.15) is 6.07 Å². The Labute approximate surface area is 165 Å². The summed E-state index contributed by atoms with van der Waals surface area (Å²) in [4.78, 5) is 29.1. The van der Waals surface area contributed by atoms with E-state index >= 15 is 0 Å². The molecule has 146 valence electrons. The number of carbonyl (C=O) groups is 2. The lowest BCUT2D eigenvalue weighted by molar-refractivity contribution is -0.139. The molecule has 1 aromatic carbocycles. The number of benzene rings is 1. The standard InChI is InChI=1S/C22H24N2O4/c1-13(2)10-17-16(12-23)20(15-8-6-14(3)7-9-15)21(22(26)28-5)18(24-17)11-19(25)27-4/h6-9,13H,10-11H2,1-5H3. The molecule has 0 spiro atoms. The van der Waals surface area contributed by atoms with Crippen LogP contribution in [0, 0.1) is 24.2 Å². The number of hydrogen-bond donors (Lipinski definition) is 0. The summed E-state index contributed by atoms with van der Waals surface area (Å²) in [6.45, 7) is 5.99. The van der Waals surface area contributed by atoms with Gasteiger partial charge in [-0.1, -0.05) is 43.7 Å². The van der Waals surface area contributed by atoms with Crippen LogP contribution in [0.3, 0.4) is 0 Å². The first-order valence-corrected chi connectivity index (χ1v) is 9.00. The van der Waals surface area contributed by atoms with Crippen molar-refractivity contribution >= 4 is 11.9 Å². The minimum absolute atomic E-state index is 0.126. The maximum atomic E-state index is 12.6. The van der Waals surface area contributed by atoms with Gasteiger partial charge in [-0.3, -0.25) is 9.78 Å². The monoisotopic (exact) mass is 380 g/mol. The molecule has 0 fully saturated rings. The van der Waals surface area contributed by atoms with Crippen molar-refractivity contribution in [2.24, 2.45) is 5.92 Å². The number of nitriles is 1. The number of nitrogens with zero attached hydrogens (tertiary/aromatic N) is 2. The largest absolute Gasteiger partial charge is 0.469 e. The van der Waals surface area contributed by atoms with Crippen molar-refractivity contribution in [3.63, 3.8) is 0 Å². The number of aryl methyl sites for hydroxylation is 1. The Bertz CT molecular complexity index is 925. The fourth-order valence-corrected chi connectivity index (χ4v) is 3.01. The zero-order chi connectivity index (χ0) is 20.8. The third-order valence-electron chi connectivity index (χ3n) is 4.33. The Hall–Kier alpha value is -3.20. The minimum Gasteiger partial charge on any atom is -0.469 e. The Morgan fingerprint density at radius 3 is 2.25 bits per heavy atom. The fourth-order valence-electron chi connectivity index (χ4n) is 3.01. The Morgan fingerprint density at radius 1 is 1.11 bits per heavy atom. The van der Waals surface area contributed by atoms with Gasteiger partial charge in [0.2, 0.25) is 0 Å². The van der Waals surface area contributed by atoms with Crippen LogP contribution in [0.1, 0.15) is 46.7 Å². The van der Waals surface area contributed by atoms with Crippen molar-refractivity contribution in [3.8, 4) is 17.2 Å². The fraction of sp³-hybridized carbons (Fsp3) is 0.364. The molecule has 0 atom stereocenters. The number of esters is 2. The van der Waals surface area contributed by atoms with Gasteiger partial charge in [-0.2, -0.15) is 5.26 Å². The van der Waals surface area contributed by atoms with Crippen molar-refractivity contribution < 1.29 is 19.1 Å². The zero-order valence-corrected chi connectivity index (χ0v) is 16.8. The summed E-state index contributed by atoms with van der Waals surface area (Å²) in [6.07, 6.45) is 0.355. The summed E-state index contributed by atoms with van der Waals surface area (Å²) in [6, 6.07) is 9.71. The van der Waals surface area contributed by atoms with E-state index in [2.05, 4.69) is 11.1 Å². The summed E-state index contributed by atoms with van der Waals surface area (Å²) in [7, 11) is 2.54. The molecule has 6 nitrogen and oxygen atoms in total. The van der Waals surface area contributed by atoms with Crippen LogP contribution in [0.25, 0.3) is 11.1 Å². The molecular formula is C22H24N2O4. The average Bonchev–Trinajstić information content (AvgIpc) is 2.67. The highest BCUT2D eigenvalue weighted by molar-refractivity contribution is 6.01. The molecule has 28 heavy (non-hydrogen) atoms. The summed E-state index contributed by atoms with van der Waals surface area (Å²) in [5.74, 6) is -0.928. The molecule has 0 bridgehead atoms. The van der Waals surface area contributed by atoms with E-state index in [9.17, 15) is 14.9 Å². The molecule has 2 rings (SSSR count). The third kappa shape index (κ3) is 4.55. The van der Waals surface area contributed by atoms with Gasteiger partial charge < -0.3 is 9.47 Å². The van der Waals surface area contributed by atoms with Crippen LogP contribution in [-0.2, 0) is 27.1 Å². The summed E-state index contributed by atoms with van der Waals surface area (Å²) < 4.78 is 9.72. The second-order valence-corrected chi connectivity index (χ2v) is 6.95. The first kappa shape index (κ1) is 21.1. The molecule has 0 unspecified atom stereocenters. The summed E-state index contributed by atoms with van der Waals surface area (Å²) in [5, 5.41) is 9.89. The van der Waals surface area contributed by atoms with E-state index in [-0.39, 0.29) is 23.6 Å².